The van der Waals surface area contributed by atoms with E-state index >= 15 is 0 Å². The molecule has 11 rings (SSSR count). The van der Waals surface area contributed by atoms with Gasteiger partial charge in [-0.3, -0.25) is 0 Å². The maximum absolute atomic E-state index is 5.13. The molecule has 49 heavy (non-hydrogen) atoms. The van der Waals surface area contributed by atoms with Gasteiger partial charge in [0.1, 0.15) is 4.83 Å². The quantitative estimate of drug-likeness (QED) is 0.189. The van der Waals surface area contributed by atoms with E-state index in [0.29, 0.717) is 0 Å². The summed E-state index contributed by atoms with van der Waals surface area (Å²) in [6.45, 7) is 0. The van der Waals surface area contributed by atoms with E-state index in [-0.39, 0.29) is 0 Å². The first-order valence-electron chi connectivity index (χ1n) is 16.3. The number of thiophene rings is 2. The number of pyridine rings is 1. The molecule has 0 atom stereocenters. The van der Waals surface area contributed by atoms with Crippen LogP contribution in [0.3, 0.4) is 0 Å². The summed E-state index contributed by atoms with van der Waals surface area (Å²) >= 11 is 3.69. The Balaban J connectivity index is 1.20. The third-order valence-electron chi connectivity index (χ3n) is 9.66. The molecule has 0 aliphatic rings. The monoisotopic (exact) mass is 660 g/mol. The van der Waals surface area contributed by atoms with Crippen LogP contribution in [0.5, 0.6) is 0 Å². The number of rotatable bonds is 3. The zero-order valence-electron chi connectivity index (χ0n) is 26.0. The van der Waals surface area contributed by atoms with Gasteiger partial charge in [-0.15, -0.1) is 22.7 Å². The van der Waals surface area contributed by atoms with Gasteiger partial charge in [0, 0.05) is 70.1 Å². The number of para-hydroxylation sites is 2. The molecule has 0 amide bonds. The van der Waals surface area contributed by atoms with Crippen molar-refractivity contribution in [2.75, 3.05) is 0 Å². The van der Waals surface area contributed by atoms with Crippen molar-refractivity contribution in [2.45, 2.75) is 0 Å². The second kappa shape index (κ2) is 10.3. The van der Waals surface area contributed by atoms with Crippen molar-refractivity contribution >= 4 is 95.9 Å². The minimum atomic E-state index is 0.718. The number of nitrogens with zero attached hydrogens (tertiary/aromatic N) is 4. The summed E-state index contributed by atoms with van der Waals surface area (Å²) in [7, 11) is 0. The van der Waals surface area contributed by atoms with E-state index in [1.165, 1.54) is 57.5 Å². The van der Waals surface area contributed by atoms with Gasteiger partial charge in [-0.2, -0.15) is 0 Å². The third kappa shape index (κ3) is 3.87. The molecule has 5 heterocycles. The van der Waals surface area contributed by atoms with Crippen LogP contribution in [0.1, 0.15) is 0 Å². The molecular formula is C43H24N4S2. The predicted molar refractivity (Wildman–Crippen MR) is 208 cm³/mol. The van der Waals surface area contributed by atoms with Crippen molar-refractivity contribution in [3.05, 3.63) is 146 Å². The highest BCUT2D eigenvalue weighted by Crippen LogP contribution is 2.51. The minimum absolute atomic E-state index is 0.718. The Morgan fingerprint density at radius 1 is 0.490 bits per heavy atom. The number of benzene rings is 6. The summed E-state index contributed by atoms with van der Waals surface area (Å²) in [5.74, 6) is 0.718. The van der Waals surface area contributed by atoms with E-state index in [9.17, 15) is 0 Å². The Kier molecular flexibility index (Phi) is 5.67. The molecule has 0 bridgehead atoms. The number of hydrogen-bond donors (Lipinski definition) is 0. The van der Waals surface area contributed by atoms with E-state index in [1.54, 1.807) is 11.3 Å². The van der Waals surface area contributed by atoms with Crippen molar-refractivity contribution in [2.24, 2.45) is 0 Å². The molecule has 0 N–H and O–H groups in total. The molecule has 0 aliphatic carbocycles. The maximum Gasteiger partial charge on any atom is 0.160 e. The Morgan fingerprint density at radius 2 is 1.22 bits per heavy atom. The molecule has 0 unspecified atom stereocenters. The Morgan fingerprint density at radius 3 is 2.10 bits per heavy atom. The highest BCUT2D eigenvalue weighted by Gasteiger charge is 2.24. The zero-order valence-corrected chi connectivity index (χ0v) is 27.6. The van der Waals surface area contributed by atoms with Gasteiger partial charge in [-0.05, 0) is 54.6 Å². The normalized spacial score (nSPS) is 12.1. The topological polar surface area (TPSA) is 43.6 Å². The molecule has 4 nitrogen and oxygen atoms in total. The number of fused-ring (bicyclic) bond motifs is 13. The molecular weight excluding hydrogens is 637 g/mol. The summed E-state index contributed by atoms with van der Waals surface area (Å²) in [4.78, 5) is 16.1. The van der Waals surface area contributed by atoms with Crippen LogP contribution >= 0.6 is 22.7 Å². The van der Waals surface area contributed by atoms with Crippen LogP contribution in [-0.4, -0.2) is 19.5 Å². The Bertz CT molecular complexity index is 3100. The molecule has 0 spiro atoms. The van der Waals surface area contributed by atoms with Gasteiger partial charge in [-0.25, -0.2) is 15.0 Å². The maximum atomic E-state index is 5.13. The Hall–Kier alpha value is -5.95. The van der Waals surface area contributed by atoms with Crippen LogP contribution in [0.2, 0.25) is 0 Å². The lowest BCUT2D eigenvalue weighted by molar-refractivity contribution is 1.18. The highest BCUT2D eigenvalue weighted by atomic mass is 32.1. The van der Waals surface area contributed by atoms with Crippen LogP contribution in [0.4, 0.5) is 0 Å². The molecule has 0 radical (unpaired) electrons. The van der Waals surface area contributed by atoms with Crippen LogP contribution in [0, 0.1) is 0 Å². The second-order valence-corrected chi connectivity index (χ2v) is 14.4. The van der Waals surface area contributed by atoms with Crippen molar-refractivity contribution < 1.29 is 0 Å². The van der Waals surface area contributed by atoms with Crippen molar-refractivity contribution in [1.29, 1.82) is 0 Å². The molecule has 11 aromatic rings. The molecule has 0 saturated heterocycles. The fraction of sp³-hybridized carbons (Fsp3) is 0. The fourth-order valence-electron chi connectivity index (χ4n) is 7.55. The first-order valence-corrected chi connectivity index (χ1v) is 17.9. The molecule has 6 aromatic carbocycles. The van der Waals surface area contributed by atoms with Gasteiger partial charge in [0.05, 0.1) is 26.9 Å². The first-order chi connectivity index (χ1) is 24.3. The lowest BCUT2D eigenvalue weighted by Crippen LogP contribution is -1.97. The Labute approximate surface area is 288 Å². The summed E-state index contributed by atoms with van der Waals surface area (Å²) in [5, 5.41) is 8.76. The number of aromatic nitrogens is 4. The van der Waals surface area contributed by atoms with Crippen LogP contribution in [0.15, 0.2) is 146 Å². The lowest BCUT2D eigenvalue weighted by Gasteiger charge is -2.12. The van der Waals surface area contributed by atoms with Gasteiger partial charge in [0.15, 0.2) is 5.82 Å². The van der Waals surface area contributed by atoms with E-state index in [0.717, 1.165) is 44.1 Å². The van der Waals surface area contributed by atoms with Crippen LogP contribution in [0.25, 0.3) is 102 Å². The summed E-state index contributed by atoms with van der Waals surface area (Å²) < 4.78 is 6.37. The molecule has 5 aromatic heterocycles. The smallest absolute Gasteiger partial charge is 0.160 e. The average Bonchev–Trinajstić information content (AvgIpc) is 3.85. The van der Waals surface area contributed by atoms with Gasteiger partial charge in [0.25, 0.3) is 0 Å². The van der Waals surface area contributed by atoms with E-state index < -0.39 is 0 Å². The van der Waals surface area contributed by atoms with Crippen LogP contribution in [-0.2, 0) is 0 Å². The van der Waals surface area contributed by atoms with Crippen molar-refractivity contribution in [3.63, 3.8) is 0 Å². The zero-order chi connectivity index (χ0) is 32.1. The SMILES string of the molecule is c1ccc(-c2nc(-c3ccc(-n4c5ccccc5c5c6c7ccccc7sc6c6c7cccnc7sc6c54)cc3)nc3ccccc23)cc1. The molecule has 0 aliphatic heterocycles. The van der Waals surface area contributed by atoms with Crippen LogP contribution < -0.4 is 0 Å². The van der Waals surface area contributed by atoms with Gasteiger partial charge in [0.2, 0.25) is 0 Å². The molecule has 0 saturated carbocycles. The standard InChI is InChI=1S/C43H24N4S2/c1-2-11-25(12-3-1)38-28-13-4-7-17-32(28)45-42(46-38)26-20-22-27(23-21-26)47-33-18-8-5-14-29(33)35-36-30-15-6-9-19-34(30)48-40(36)37-31-16-10-24-44-43(31)49-41(37)39(35)47/h1-24H. The minimum Gasteiger partial charge on any atom is -0.308 e. The largest absolute Gasteiger partial charge is 0.308 e. The second-order valence-electron chi connectivity index (χ2n) is 12.4. The van der Waals surface area contributed by atoms with Gasteiger partial charge < -0.3 is 4.57 Å². The summed E-state index contributed by atoms with van der Waals surface area (Å²) in [6.07, 6.45) is 1.91. The summed E-state index contributed by atoms with van der Waals surface area (Å²) in [5.41, 5.74) is 7.47. The first kappa shape index (κ1) is 27.0. The molecule has 6 heteroatoms. The number of hydrogen-bond acceptors (Lipinski definition) is 5. The van der Waals surface area contributed by atoms with E-state index in [2.05, 4.69) is 132 Å². The van der Waals surface area contributed by atoms with Crippen molar-refractivity contribution in [3.8, 4) is 28.3 Å². The predicted octanol–water partition coefficient (Wildman–Crippen LogP) is 12.2. The highest BCUT2D eigenvalue weighted by molar-refractivity contribution is 7.30. The third-order valence-corrected chi connectivity index (χ3v) is 12.0. The van der Waals surface area contributed by atoms with Crippen molar-refractivity contribution in [1.82, 2.24) is 19.5 Å². The molecule has 228 valence electrons. The van der Waals surface area contributed by atoms with E-state index in [1.807, 2.05) is 29.7 Å². The fourth-order valence-corrected chi connectivity index (χ4v) is 10.1. The van der Waals surface area contributed by atoms with Gasteiger partial charge in [-0.1, -0.05) is 84.9 Å². The molecule has 0 fully saturated rings. The van der Waals surface area contributed by atoms with E-state index in [4.69, 9.17) is 15.0 Å². The average molecular weight is 661 g/mol. The summed E-state index contributed by atoms with van der Waals surface area (Å²) in [6, 6.07) is 49.4. The van der Waals surface area contributed by atoms with Gasteiger partial charge >= 0.3 is 0 Å². The lowest BCUT2D eigenvalue weighted by atomic mass is 10.0.